The van der Waals surface area contributed by atoms with Crippen molar-refractivity contribution in [1.82, 2.24) is 9.29 Å². The monoisotopic (exact) mass is 283 g/mol. The summed E-state index contributed by atoms with van der Waals surface area (Å²) >= 11 is 0. The lowest BCUT2D eigenvalue weighted by atomic mass is 10.2. The van der Waals surface area contributed by atoms with Crippen LogP contribution in [-0.2, 0) is 10.0 Å². The van der Waals surface area contributed by atoms with Crippen molar-refractivity contribution < 1.29 is 8.42 Å². The van der Waals surface area contributed by atoms with Crippen LogP contribution in [0, 0.1) is 5.92 Å². The number of nitrogens with zero attached hydrogens (tertiary/aromatic N) is 2. The SMILES string of the molecule is CCCNc1cc(S(=O)(=O)N2CCC(C)C2)ccn1. The second-order valence-corrected chi connectivity index (χ2v) is 7.00. The third kappa shape index (κ3) is 3.25. The highest BCUT2D eigenvalue weighted by atomic mass is 32.2. The zero-order chi connectivity index (χ0) is 13.9. The first-order valence-electron chi connectivity index (χ1n) is 6.74. The molecule has 1 atom stereocenters. The number of rotatable bonds is 5. The Labute approximate surface area is 115 Å². The molecule has 0 saturated carbocycles. The first-order valence-corrected chi connectivity index (χ1v) is 8.18. The zero-order valence-corrected chi connectivity index (χ0v) is 12.3. The van der Waals surface area contributed by atoms with Gasteiger partial charge in [-0.15, -0.1) is 0 Å². The Hall–Kier alpha value is -1.14. The fraction of sp³-hybridized carbons (Fsp3) is 0.615. The Morgan fingerprint density at radius 2 is 2.32 bits per heavy atom. The minimum atomic E-state index is -3.37. The van der Waals surface area contributed by atoms with E-state index >= 15 is 0 Å². The molecule has 0 bridgehead atoms. The Morgan fingerprint density at radius 1 is 1.53 bits per heavy atom. The van der Waals surface area contributed by atoms with Gasteiger partial charge < -0.3 is 5.32 Å². The molecule has 1 saturated heterocycles. The van der Waals surface area contributed by atoms with Crippen molar-refractivity contribution in [3.05, 3.63) is 18.3 Å². The lowest BCUT2D eigenvalue weighted by Crippen LogP contribution is -2.28. The fourth-order valence-electron chi connectivity index (χ4n) is 2.18. The highest BCUT2D eigenvalue weighted by Crippen LogP contribution is 2.24. The van der Waals surface area contributed by atoms with E-state index in [1.54, 1.807) is 22.6 Å². The van der Waals surface area contributed by atoms with Crippen LogP contribution in [0.5, 0.6) is 0 Å². The van der Waals surface area contributed by atoms with E-state index in [1.807, 2.05) is 0 Å². The van der Waals surface area contributed by atoms with Gasteiger partial charge in [0.25, 0.3) is 0 Å². The Balaban J connectivity index is 2.20. The van der Waals surface area contributed by atoms with Crippen LogP contribution in [0.2, 0.25) is 0 Å². The van der Waals surface area contributed by atoms with Crippen LogP contribution in [-0.4, -0.2) is 37.3 Å². The fourth-order valence-corrected chi connectivity index (χ4v) is 3.77. The van der Waals surface area contributed by atoms with E-state index in [2.05, 4.69) is 24.1 Å². The lowest BCUT2D eigenvalue weighted by Gasteiger charge is -2.16. The van der Waals surface area contributed by atoms with Crippen molar-refractivity contribution >= 4 is 15.8 Å². The molecule has 2 rings (SSSR count). The molecule has 1 aromatic heterocycles. The van der Waals surface area contributed by atoms with Gasteiger partial charge in [-0.05, 0) is 24.8 Å². The molecule has 1 N–H and O–H groups in total. The van der Waals surface area contributed by atoms with E-state index < -0.39 is 10.0 Å². The molecule has 1 aliphatic rings. The van der Waals surface area contributed by atoms with Crippen molar-refractivity contribution in [3.63, 3.8) is 0 Å². The van der Waals surface area contributed by atoms with Gasteiger partial charge in [-0.25, -0.2) is 13.4 Å². The third-order valence-corrected chi connectivity index (χ3v) is 5.17. The van der Waals surface area contributed by atoms with E-state index in [4.69, 9.17) is 0 Å². The first-order chi connectivity index (χ1) is 9.04. The van der Waals surface area contributed by atoms with E-state index in [1.165, 1.54) is 0 Å². The van der Waals surface area contributed by atoms with Crippen LogP contribution in [0.15, 0.2) is 23.2 Å². The molecule has 0 aliphatic carbocycles. The Morgan fingerprint density at radius 3 is 2.95 bits per heavy atom. The number of anilines is 1. The number of aromatic nitrogens is 1. The number of sulfonamides is 1. The largest absolute Gasteiger partial charge is 0.370 e. The van der Waals surface area contributed by atoms with E-state index in [0.717, 1.165) is 19.4 Å². The summed E-state index contributed by atoms with van der Waals surface area (Å²) in [5.41, 5.74) is 0. The van der Waals surface area contributed by atoms with Crippen molar-refractivity contribution in [2.45, 2.75) is 31.6 Å². The second kappa shape index (κ2) is 5.88. The van der Waals surface area contributed by atoms with Crippen molar-refractivity contribution in [2.24, 2.45) is 5.92 Å². The normalized spacial score (nSPS) is 20.6. The molecule has 1 aromatic rings. The lowest BCUT2D eigenvalue weighted by molar-refractivity contribution is 0.464. The topological polar surface area (TPSA) is 62.3 Å². The molecule has 1 unspecified atom stereocenters. The molecular weight excluding hydrogens is 262 g/mol. The van der Waals surface area contributed by atoms with Crippen LogP contribution in [0.25, 0.3) is 0 Å². The Bertz CT molecular complexity index is 530. The molecule has 0 radical (unpaired) electrons. The molecule has 2 heterocycles. The smallest absolute Gasteiger partial charge is 0.243 e. The predicted molar refractivity (Wildman–Crippen MR) is 75.6 cm³/mol. The number of pyridine rings is 1. The number of hydrogen-bond donors (Lipinski definition) is 1. The van der Waals surface area contributed by atoms with E-state index in [0.29, 0.717) is 29.7 Å². The predicted octanol–water partition coefficient (Wildman–Crippen LogP) is 1.93. The van der Waals surface area contributed by atoms with Gasteiger partial charge in [-0.2, -0.15) is 4.31 Å². The average molecular weight is 283 g/mol. The van der Waals surface area contributed by atoms with Crippen molar-refractivity contribution in [1.29, 1.82) is 0 Å². The quantitative estimate of drug-likeness (QED) is 0.897. The minimum Gasteiger partial charge on any atom is -0.370 e. The summed E-state index contributed by atoms with van der Waals surface area (Å²) in [7, 11) is -3.37. The summed E-state index contributed by atoms with van der Waals surface area (Å²) < 4.78 is 26.5. The van der Waals surface area contributed by atoms with Gasteiger partial charge in [0, 0.05) is 31.9 Å². The van der Waals surface area contributed by atoms with Crippen molar-refractivity contribution in [2.75, 3.05) is 25.0 Å². The maximum Gasteiger partial charge on any atom is 0.243 e. The molecule has 0 aromatic carbocycles. The maximum absolute atomic E-state index is 12.5. The van der Waals surface area contributed by atoms with Gasteiger partial charge in [-0.1, -0.05) is 13.8 Å². The molecule has 5 nitrogen and oxygen atoms in total. The summed E-state index contributed by atoms with van der Waals surface area (Å²) in [5, 5.41) is 3.11. The van der Waals surface area contributed by atoms with Gasteiger partial charge >= 0.3 is 0 Å². The van der Waals surface area contributed by atoms with Crippen molar-refractivity contribution in [3.8, 4) is 0 Å². The summed E-state index contributed by atoms with van der Waals surface area (Å²) in [6.07, 6.45) is 3.46. The molecular formula is C13H21N3O2S. The molecule has 1 aliphatic heterocycles. The van der Waals surface area contributed by atoms with E-state index in [9.17, 15) is 8.42 Å². The molecule has 106 valence electrons. The summed E-state index contributed by atoms with van der Waals surface area (Å²) in [4.78, 5) is 4.47. The maximum atomic E-state index is 12.5. The van der Waals surface area contributed by atoms with Gasteiger partial charge in [0.15, 0.2) is 0 Å². The number of hydrogen-bond acceptors (Lipinski definition) is 4. The average Bonchev–Trinajstić information content (AvgIpc) is 2.84. The van der Waals surface area contributed by atoms with Crippen LogP contribution in [0.4, 0.5) is 5.82 Å². The van der Waals surface area contributed by atoms with Gasteiger partial charge in [0.2, 0.25) is 10.0 Å². The molecule has 1 fully saturated rings. The Kier molecular flexibility index (Phi) is 4.42. The highest BCUT2D eigenvalue weighted by Gasteiger charge is 2.30. The molecule has 0 spiro atoms. The van der Waals surface area contributed by atoms with Crippen LogP contribution in [0.3, 0.4) is 0 Å². The highest BCUT2D eigenvalue weighted by molar-refractivity contribution is 7.89. The third-order valence-electron chi connectivity index (χ3n) is 3.31. The van der Waals surface area contributed by atoms with Crippen LogP contribution < -0.4 is 5.32 Å². The van der Waals surface area contributed by atoms with Crippen LogP contribution in [0.1, 0.15) is 26.7 Å². The van der Waals surface area contributed by atoms with E-state index in [-0.39, 0.29) is 0 Å². The summed E-state index contributed by atoms with van der Waals surface area (Å²) in [5.74, 6) is 1.06. The number of nitrogens with one attached hydrogen (secondary N) is 1. The second-order valence-electron chi connectivity index (χ2n) is 5.06. The summed E-state index contributed by atoms with van der Waals surface area (Å²) in [6, 6.07) is 3.18. The minimum absolute atomic E-state index is 0.329. The first kappa shape index (κ1) is 14.3. The summed E-state index contributed by atoms with van der Waals surface area (Å²) in [6.45, 7) is 6.15. The molecule has 6 heteroatoms. The van der Waals surface area contributed by atoms with Gasteiger partial charge in [0.05, 0.1) is 4.90 Å². The van der Waals surface area contributed by atoms with Gasteiger partial charge in [-0.3, -0.25) is 0 Å². The van der Waals surface area contributed by atoms with Crippen LogP contribution >= 0.6 is 0 Å². The van der Waals surface area contributed by atoms with Gasteiger partial charge in [0.1, 0.15) is 5.82 Å². The molecule has 0 amide bonds. The zero-order valence-electron chi connectivity index (χ0n) is 11.5. The standard InChI is InChI=1S/C13H21N3O2S/c1-3-6-14-13-9-12(4-7-15-13)19(17,18)16-8-5-11(2)10-16/h4,7,9,11H,3,5-6,8,10H2,1-2H3,(H,14,15). The molecule has 19 heavy (non-hydrogen) atoms.